The molecule has 0 bridgehead atoms. The molecule has 1 N–H and O–H groups in total. The highest BCUT2D eigenvalue weighted by atomic mass is 16.5. The van der Waals surface area contributed by atoms with Gasteiger partial charge in [0.2, 0.25) is 5.91 Å². The molecule has 2 atom stereocenters. The molecule has 0 aliphatic carbocycles. The molecule has 0 saturated carbocycles. The number of aliphatic hydroxyl groups is 1. The summed E-state index contributed by atoms with van der Waals surface area (Å²) in [6.45, 7) is 12.9. The second-order valence-corrected chi connectivity index (χ2v) is 9.08. The van der Waals surface area contributed by atoms with Gasteiger partial charge in [-0.2, -0.15) is 0 Å². The van der Waals surface area contributed by atoms with Gasteiger partial charge in [0.25, 0.3) is 0 Å². The van der Waals surface area contributed by atoms with Crippen LogP contribution in [0, 0.1) is 17.8 Å². The first-order valence-electron chi connectivity index (χ1n) is 9.22. The van der Waals surface area contributed by atoms with Gasteiger partial charge in [0, 0.05) is 18.5 Å². The lowest BCUT2D eigenvalue weighted by atomic mass is 9.86. The fraction of sp³-hybridized carbons (Fsp3) is 0.947. The topological polar surface area (TPSA) is 49.8 Å². The van der Waals surface area contributed by atoms with E-state index in [-0.39, 0.29) is 5.54 Å². The van der Waals surface area contributed by atoms with Crippen LogP contribution in [0.4, 0.5) is 0 Å². The van der Waals surface area contributed by atoms with Crippen molar-refractivity contribution >= 4 is 5.91 Å². The molecule has 2 aliphatic rings. The van der Waals surface area contributed by atoms with Crippen molar-refractivity contribution in [1.82, 2.24) is 4.90 Å². The molecule has 2 rings (SSSR count). The standard InChI is InChI=1S/C19H35NO3/c1-14(2)10-18(4,5)20-11-16(9-17(20)21)8-15(3)6-7-19(22)12-23-13-19/h14-16,22H,6-13H2,1-5H3/t15-,16?/m1/s1. The molecule has 4 nitrogen and oxygen atoms in total. The lowest BCUT2D eigenvalue weighted by molar-refractivity contribution is -0.182. The van der Waals surface area contributed by atoms with Crippen LogP contribution in [-0.4, -0.2) is 46.8 Å². The minimum Gasteiger partial charge on any atom is -0.385 e. The van der Waals surface area contributed by atoms with E-state index in [1.54, 1.807) is 0 Å². The number of likely N-dealkylation sites (tertiary alicyclic amines) is 1. The summed E-state index contributed by atoms with van der Waals surface area (Å²) < 4.78 is 5.10. The summed E-state index contributed by atoms with van der Waals surface area (Å²) in [7, 11) is 0. The highest BCUT2D eigenvalue weighted by molar-refractivity contribution is 5.79. The second kappa shape index (κ2) is 7.10. The molecule has 1 unspecified atom stereocenters. The van der Waals surface area contributed by atoms with Crippen molar-refractivity contribution in [2.45, 2.75) is 77.9 Å². The van der Waals surface area contributed by atoms with Crippen molar-refractivity contribution in [3.05, 3.63) is 0 Å². The van der Waals surface area contributed by atoms with Crippen molar-refractivity contribution in [2.24, 2.45) is 17.8 Å². The van der Waals surface area contributed by atoms with Gasteiger partial charge in [0.05, 0.1) is 13.2 Å². The Hall–Kier alpha value is -0.610. The number of carbonyl (C=O) groups excluding carboxylic acids is 1. The highest BCUT2D eigenvalue weighted by Gasteiger charge is 2.40. The molecule has 0 spiro atoms. The molecule has 23 heavy (non-hydrogen) atoms. The lowest BCUT2D eigenvalue weighted by Gasteiger charge is -2.38. The van der Waals surface area contributed by atoms with Crippen LogP contribution < -0.4 is 0 Å². The van der Waals surface area contributed by atoms with E-state index in [0.29, 0.717) is 43.3 Å². The van der Waals surface area contributed by atoms with Crippen LogP contribution in [-0.2, 0) is 9.53 Å². The summed E-state index contributed by atoms with van der Waals surface area (Å²) in [4.78, 5) is 14.5. The molecular weight excluding hydrogens is 290 g/mol. The van der Waals surface area contributed by atoms with Gasteiger partial charge in [0.1, 0.15) is 5.60 Å². The molecule has 0 radical (unpaired) electrons. The van der Waals surface area contributed by atoms with E-state index in [1.165, 1.54) is 0 Å². The van der Waals surface area contributed by atoms with E-state index >= 15 is 0 Å². The zero-order chi connectivity index (χ0) is 17.3. The van der Waals surface area contributed by atoms with E-state index in [0.717, 1.165) is 32.2 Å². The zero-order valence-corrected chi connectivity index (χ0v) is 15.6. The van der Waals surface area contributed by atoms with Gasteiger partial charge in [-0.1, -0.05) is 20.8 Å². The average Bonchev–Trinajstić information content (AvgIpc) is 2.74. The smallest absolute Gasteiger partial charge is 0.223 e. The Kier molecular flexibility index (Phi) is 5.78. The average molecular weight is 325 g/mol. The molecule has 0 aromatic carbocycles. The number of hydrogen-bond acceptors (Lipinski definition) is 3. The number of carbonyl (C=O) groups is 1. The monoisotopic (exact) mass is 325 g/mol. The minimum atomic E-state index is -0.578. The van der Waals surface area contributed by atoms with Crippen molar-refractivity contribution in [3.63, 3.8) is 0 Å². The van der Waals surface area contributed by atoms with E-state index in [1.807, 2.05) is 0 Å². The molecule has 2 heterocycles. The molecule has 2 saturated heterocycles. The number of rotatable bonds is 8. The van der Waals surface area contributed by atoms with Crippen LogP contribution in [0.15, 0.2) is 0 Å². The Balaban J connectivity index is 1.80. The first-order chi connectivity index (χ1) is 10.6. The summed E-state index contributed by atoms with van der Waals surface area (Å²) in [6, 6.07) is 0. The van der Waals surface area contributed by atoms with Crippen LogP contribution in [0.25, 0.3) is 0 Å². The normalized spacial score (nSPS) is 25.8. The first kappa shape index (κ1) is 18.7. The van der Waals surface area contributed by atoms with Gasteiger partial charge < -0.3 is 14.7 Å². The van der Waals surface area contributed by atoms with Gasteiger partial charge in [-0.05, 0) is 57.3 Å². The van der Waals surface area contributed by atoms with E-state index in [9.17, 15) is 9.90 Å². The van der Waals surface area contributed by atoms with Gasteiger partial charge in [-0.3, -0.25) is 4.79 Å². The van der Waals surface area contributed by atoms with E-state index in [2.05, 4.69) is 39.5 Å². The van der Waals surface area contributed by atoms with Gasteiger partial charge in [-0.25, -0.2) is 0 Å². The Labute approximate surface area is 141 Å². The lowest BCUT2D eigenvalue weighted by Crippen LogP contribution is -2.49. The summed E-state index contributed by atoms with van der Waals surface area (Å²) in [5.74, 6) is 1.93. The zero-order valence-electron chi connectivity index (χ0n) is 15.6. The predicted octanol–water partition coefficient (Wildman–Crippen LogP) is 3.23. The maximum Gasteiger partial charge on any atom is 0.223 e. The molecular formula is C19H35NO3. The second-order valence-electron chi connectivity index (χ2n) is 9.08. The molecule has 2 aliphatic heterocycles. The Morgan fingerprint density at radius 3 is 2.52 bits per heavy atom. The summed E-state index contributed by atoms with van der Waals surface area (Å²) in [6.07, 6.45) is 4.65. The summed E-state index contributed by atoms with van der Waals surface area (Å²) in [5, 5.41) is 10.1. The summed E-state index contributed by atoms with van der Waals surface area (Å²) >= 11 is 0. The van der Waals surface area contributed by atoms with Crippen molar-refractivity contribution in [2.75, 3.05) is 19.8 Å². The number of nitrogens with zero attached hydrogens (tertiary/aromatic N) is 1. The first-order valence-corrected chi connectivity index (χ1v) is 9.22. The van der Waals surface area contributed by atoms with Crippen LogP contribution in [0.5, 0.6) is 0 Å². The van der Waals surface area contributed by atoms with E-state index < -0.39 is 5.60 Å². The van der Waals surface area contributed by atoms with Crippen LogP contribution in [0.1, 0.15) is 66.7 Å². The Morgan fingerprint density at radius 1 is 1.35 bits per heavy atom. The number of hydrogen-bond donors (Lipinski definition) is 1. The Morgan fingerprint density at radius 2 is 2.00 bits per heavy atom. The van der Waals surface area contributed by atoms with Crippen LogP contribution in [0.2, 0.25) is 0 Å². The van der Waals surface area contributed by atoms with Crippen LogP contribution >= 0.6 is 0 Å². The quantitative estimate of drug-likeness (QED) is 0.745. The van der Waals surface area contributed by atoms with Gasteiger partial charge in [-0.15, -0.1) is 0 Å². The molecule has 134 valence electrons. The van der Waals surface area contributed by atoms with Gasteiger partial charge >= 0.3 is 0 Å². The largest absolute Gasteiger partial charge is 0.385 e. The van der Waals surface area contributed by atoms with Gasteiger partial charge in [0.15, 0.2) is 0 Å². The fourth-order valence-electron chi connectivity index (χ4n) is 4.32. The molecule has 4 heteroatoms. The Bertz CT molecular complexity index is 415. The fourth-order valence-corrected chi connectivity index (χ4v) is 4.32. The molecule has 2 fully saturated rings. The third-order valence-corrected chi connectivity index (χ3v) is 5.42. The maximum atomic E-state index is 12.4. The molecule has 0 aromatic rings. The minimum absolute atomic E-state index is 0.0400. The van der Waals surface area contributed by atoms with Crippen molar-refractivity contribution in [1.29, 1.82) is 0 Å². The SMILES string of the molecule is CC(C)CC(C)(C)N1CC(C[C@H](C)CCC2(O)COC2)CC1=O. The van der Waals surface area contributed by atoms with E-state index in [4.69, 9.17) is 4.74 Å². The highest BCUT2D eigenvalue weighted by Crippen LogP contribution is 2.34. The van der Waals surface area contributed by atoms with Crippen molar-refractivity contribution in [3.8, 4) is 0 Å². The predicted molar refractivity (Wildman–Crippen MR) is 92.1 cm³/mol. The molecule has 0 aromatic heterocycles. The maximum absolute atomic E-state index is 12.4. The third kappa shape index (κ3) is 4.93. The number of ether oxygens (including phenoxy) is 1. The van der Waals surface area contributed by atoms with Crippen molar-refractivity contribution < 1.29 is 14.6 Å². The number of amides is 1. The molecule has 1 amide bonds. The summed E-state index contributed by atoms with van der Waals surface area (Å²) in [5.41, 5.74) is -0.618. The third-order valence-electron chi connectivity index (χ3n) is 5.42. The van der Waals surface area contributed by atoms with Crippen LogP contribution in [0.3, 0.4) is 0 Å².